The molecule has 1 unspecified atom stereocenters. The van der Waals surface area contributed by atoms with Gasteiger partial charge < -0.3 is 10.4 Å². The smallest absolute Gasteiger partial charge is 0.0636 e. The lowest BCUT2D eigenvalue weighted by molar-refractivity contribution is 0.181. The predicted octanol–water partition coefficient (Wildman–Crippen LogP) is 1.15. The Kier molecular flexibility index (Phi) is 2.37. The molecular weight excluding hydrogens is 150 g/mol. The largest absolute Gasteiger partial charge is 0.392 e. The van der Waals surface area contributed by atoms with Crippen molar-refractivity contribution < 1.29 is 5.11 Å². The van der Waals surface area contributed by atoms with Crippen LogP contribution in [0.15, 0.2) is 0 Å². The zero-order chi connectivity index (χ0) is 8.55. The van der Waals surface area contributed by atoms with Gasteiger partial charge >= 0.3 is 0 Å². The lowest BCUT2D eigenvalue weighted by Crippen LogP contribution is -2.37. The molecule has 0 bridgehead atoms. The molecule has 70 valence electrons. The van der Waals surface area contributed by atoms with E-state index in [1.807, 2.05) is 6.92 Å². The van der Waals surface area contributed by atoms with Crippen molar-refractivity contribution in [3.05, 3.63) is 0 Å². The summed E-state index contributed by atoms with van der Waals surface area (Å²) in [6.45, 7) is 2.63. The standard InChI is InChI=1S/C10H19NO/c1-7(12)6-11-10(8-2-3-8)9-4-5-9/h7-12H,2-6H2,1H3. The van der Waals surface area contributed by atoms with Crippen molar-refractivity contribution in [1.82, 2.24) is 5.32 Å². The van der Waals surface area contributed by atoms with E-state index in [9.17, 15) is 0 Å². The Morgan fingerprint density at radius 2 is 1.75 bits per heavy atom. The Morgan fingerprint density at radius 1 is 1.25 bits per heavy atom. The Bertz CT molecular complexity index is 138. The quantitative estimate of drug-likeness (QED) is 0.647. The molecule has 2 aliphatic carbocycles. The molecule has 0 radical (unpaired) electrons. The molecule has 2 rings (SSSR count). The monoisotopic (exact) mass is 169 g/mol. The van der Waals surface area contributed by atoms with Gasteiger partial charge in [0.2, 0.25) is 0 Å². The van der Waals surface area contributed by atoms with Crippen LogP contribution < -0.4 is 5.32 Å². The average molecular weight is 169 g/mol. The molecule has 0 aromatic carbocycles. The zero-order valence-electron chi connectivity index (χ0n) is 7.79. The molecule has 12 heavy (non-hydrogen) atoms. The molecule has 0 aromatic rings. The maximum Gasteiger partial charge on any atom is 0.0636 e. The van der Waals surface area contributed by atoms with Gasteiger partial charge in [0.15, 0.2) is 0 Å². The maximum atomic E-state index is 9.14. The number of rotatable bonds is 5. The normalized spacial score (nSPS) is 26.2. The van der Waals surface area contributed by atoms with Gasteiger partial charge in [-0.1, -0.05) is 0 Å². The van der Waals surface area contributed by atoms with E-state index in [2.05, 4.69) is 5.32 Å². The summed E-state index contributed by atoms with van der Waals surface area (Å²) < 4.78 is 0. The van der Waals surface area contributed by atoms with E-state index in [0.29, 0.717) is 0 Å². The van der Waals surface area contributed by atoms with Gasteiger partial charge in [-0.05, 0) is 44.4 Å². The Hall–Kier alpha value is -0.0800. The van der Waals surface area contributed by atoms with Crippen molar-refractivity contribution in [3.8, 4) is 0 Å². The molecule has 0 heterocycles. The maximum absolute atomic E-state index is 9.14. The molecule has 0 amide bonds. The molecule has 2 aliphatic rings. The first-order valence-corrected chi connectivity index (χ1v) is 5.19. The lowest BCUT2D eigenvalue weighted by atomic mass is 10.1. The third kappa shape index (κ3) is 2.20. The number of aliphatic hydroxyl groups is 1. The fourth-order valence-corrected chi connectivity index (χ4v) is 1.94. The van der Waals surface area contributed by atoms with Crippen molar-refractivity contribution in [2.24, 2.45) is 11.8 Å². The van der Waals surface area contributed by atoms with Crippen LogP contribution in [0.25, 0.3) is 0 Å². The van der Waals surface area contributed by atoms with Gasteiger partial charge in [-0.3, -0.25) is 0 Å². The van der Waals surface area contributed by atoms with Gasteiger partial charge in [0, 0.05) is 12.6 Å². The van der Waals surface area contributed by atoms with Crippen LogP contribution in [0.5, 0.6) is 0 Å². The van der Waals surface area contributed by atoms with Crippen molar-refractivity contribution in [1.29, 1.82) is 0 Å². The summed E-state index contributed by atoms with van der Waals surface area (Å²) in [5.74, 6) is 1.88. The first-order valence-electron chi connectivity index (χ1n) is 5.19. The minimum atomic E-state index is -0.190. The van der Waals surface area contributed by atoms with Crippen molar-refractivity contribution >= 4 is 0 Å². The summed E-state index contributed by atoms with van der Waals surface area (Å²) in [5, 5.41) is 12.6. The molecule has 2 N–H and O–H groups in total. The summed E-state index contributed by atoms with van der Waals surface area (Å²) >= 11 is 0. The number of hydrogen-bond acceptors (Lipinski definition) is 2. The summed E-state index contributed by atoms with van der Waals surface area (Å²) in [6, 6.07) is 0.736. The molecule has 2 nitrogen and oxygen atoms in total. The lowest BCUT2D eigenvalue weighted by Gasteiger charge is -2.18. The van der Waals surface area contributed by atoms with Gasteiger partial charge in [0.05, 0.1) is 6.10 Å². The molecule has 0 saturated heterocycles. The van der Waals surface area contributed by atoms with E-state index in [4.69, 9.17) is 5.11 Å². The number of hydrogen-bond donors (Lipinski definition) is 2. The summed E-state index contributed by atoms with van der Waals surface area (Å²) in [4.78, 5) is 0. The Morgan fingerprint density at radius 3 is 2.08 bits per heavy atom. The molecule has 2 saturated carbocycles. The molecular formula is C10H19NO. The summed E-state index contributed by atoms with van der Waals surface area (Å²) in [7, 11) is 0. The highest BCUT2D eigenvalue weighted by Crippen LogP contribution is 2.44. The molecule has 0 aliphatic heterocycles. The third-order valence-corrected chi connectivity index (χ3v) is 2.91. The highest BCUT2D eigenvalue weighted by molar-refractivity contribution is 4.96. The first kappa shape index (κ1) is 8.52. The van der Waals surface area contributed by atoms with Gasteiger partial charge in [-0.2, -0.15) is 0 Å². The highest BCUT2D eigenvalue weighted by atomic mass is 16.3. The minimum absolute atomic E-state index is 0.190. The number of aliphatic hydroxyl groups excluding tert-OH is 1. The van der Waals surface area contributed by atoms with Crippen molar-refractivity contribution in [2.45, 2.75) is 44.8 Å². The van der Waals surface area contributed by atoms with E-state index in [-0.39, 0.29) is 6.10 Å². The van der Waals surface area contributed by atoms with Crippen LogP contribution in [0, 0.1) is 11.8 Å². The Balaban J connectivity index is 1.73. The van der Waals surface area contributed by atoms with E-state index in [0.717, 1.165) is 24.4 Å². The highest BCUT2D eigenvalue weighted by Gasteiger charge is 2.40. The first-order chi connectivity index (χ1) is 5.77. The predicted molar refractivity (Wildman–Crippen MR) is 48.9 cm³/mol. The fraction of sp³-hybridized carbons (Fsp3) is 1.00. The minimum Gasteiger partial charge on any atom is -0.392 e. The summed E-state index contributed by atoms with van der Waals surface area (Å²) in [5.41, 5.74) is 0. The van der Waals surface area contributed by atoms with Crippen LogP contribution in [0.2, 0.25) is 0 Å². The van der Waals surface area contributed by atoms with E-state index < -0.39 is 0 Å². The number of nitrogens with one attached hydrogen (secondary N) is 1. The third-order valence-electron chi connectivity index (χ3n) is 2.91. The molecule has 0 spiro atoms. The van der Waals surface area contributed by atoms with Crippen LogP contribution in [-0.4, -0.2) is 23.8 Å². The van der Waals surface area contributed by atoms with Crippen LogP contribution in [0.3, 0.4) is 0 Å². The van der Waals surface area contributed by atoms with E-state index in [1.165, 1.54) is 25.7 Å². The SMILES string of the molecule is CC(O)CNC(C1CC1)C1CC1. The van der Waals surface area contributed by atoms with E-state index >= 15 is 0 Å². The molecule has 2 heteroatoms. The summed E-state index contributed by atoms with van der Waals surface area (Å²) in [6.07, 6.45) is 5.45. The van der Waals surface area contributed by atoms with Crippen LogP contribution >= 0.6 is 0 Å². The van der Waals surface area contributed by atoms with E-state index in [1.54, 1.807) is 0 Å². The van der Waals surface area contributed by atoms with Crippen LogP contribution in [0.4, 0.5) is 0 Å². The molecule has 2 fully saturated rings. The zero-order valence-corrected chi connectivity index (χ0v) is 7.79. The molecule has 1 atom stereocenters. The second-order valence-electron chi connectivity index (χ2n) is 4.46. The van der Waals surface area contributed by atoms with Crippen LogP contribution in [-0.2, 0) is 0 Å². The van der Waals surface area contributed by atoms with Gasteiger partial charge in [0.25, 0.3) is 0 Å². The second kappa shape index (κ2) is 3.35. The topological polar surface area (TPSA) is 32.3 Å². The Labute approximate surface area is 74.4 Å². The van der Waals surface area contributed by atoms with Gasteiger partial charge in [-0.15, -0.1) is 0 Å². The second-order valence-corrected chi connectivity index (χ2v) is 4.46. The van der Waals surface area contributed by atoms with Crippen molar-refractivity contribution in [3.63, 3.8) is 0 Å². The fourth-order valence-electron chi connectivity index (χ4n) is 1.94. The van der Waals surface area contributed by atoms with Crippen molar-refractivity contribution in [2.75, 3.05) is 6.54 Å². The van der Waals surface area contributed by atoms with Gasteiger partial charge in [0.1, 0.15) is 0 Å². The molecule has 0 aromatic heterocycles. The van der Waals surface area contributed by atoms with Gasteiger partial charge in [-0.25, -0.2) is 0 Å². The average Bonchev–Trinajstić information content (AvgIpc) is 2.83. The van der Waals surface area contributed by atoms with Crippen LogP contribution in [0.1, 0.15) is 32.6 Å².